The van der Waals surface area contributed by atoms with Crippen molar-refractivity contribution in [3.8, 4) is 0 Å². The van der Waals surface area contributed by atoms with Crippen LogP contribution >= 0.6 is 0 Å². The van der Waals surface area contributed by atoms with E-state index in [-0.39, 0.29) is 0 Å². The van der Waals surface area contributed by atoms with E-state index < -0.39 is 0 Å². The lowest BCUT2D eigenvalue weighted by molar-refractivity contribution is -0.118. The first-order valence-electron chi connectivity index (χ1n) is 9.47. The molecule has 2 fully saturated rings. The Morgan fingerprint density at radius 3 is 1.62 bits per heavy atom. The van der Waals surface area contributed by atoms with E-state index in [9.17, 15) is 9.59 Å². The van der Waals surface area contributed by atoms with Gasteiger partial charge in [-0.15, -0.1) is 0 Å². The van der Waals surface area contributed by atoms with Gasteiger partial charge in [0.2, 0.25) is 0 Å². The molecule has 2 aliphatic rings. The van der Waals surface area contributed by atoms with Crippen LogP contribution < -0.4 is 10.6 Å². The third-order valence-electron chi connectivity index (χ3n) is 5.04. The molecule has 0 bridgehead atoms. The third-order valence-corrected chi connectivity index (χ3v) is 5.04. The minimum atomic E-state index is 0.306. The van der Waals surface area contributed by atoms with Gasteiger partial charge in [-0.25, -0.2) is 0 Å². The SMILES string of the molecule is CC1CC/C(=C/NCCCCN/C=C2/CCC(C)CC2=O)C(=O)C1. The molecule has 2 unspecified atom stereocenters. The fraction of sp³-hybridized carbons (Fsp3) is 0.700. The van der Waals surface area contributed by atoms with Crippen LogP contribution in [-0.2, 0) is 9.59 Å². The first-order valence-corrected chi connectivity index (χ1v) is 9.47. The van der Waals surface area contributed by atoms with Crippen molar-refractivity contribution in [2.75, 3.05) is 13.1 Å². The lowest BCUT2D eigenvalue weighted by atomic mass is 9.86. The topological polar surface area (TPSA) is 58.2 Å². The van der Waals surface area contributed by atoms with Gasteiger partial charge in [-0.05, 0) is 50.4 Å². The van der Waals surface area contributed by atoms with Crippen LogP contribution in [0.2, 0.25) is 0 Å². The number of Topliss-reactive ketones (excluding diaryl/α,β-unsaturated/α-hetero) is 2. The Bertz CT molecular complexity index is 462. The molecule has 2 N–H and O–H groups in total. The summed E-state index contributed by atoms with van der Waals surface area (Å²) in [5.41, 5.74) is 1.92. The lowest BCUT2D eigenvalue weighted by Crippen LogP contribution is -2.20. The van der Waals surface area contributed by atoms with Crippen molar-refractivity contribution in [1.82, 2.24) is 10.6 Å². The van der Waals surface area contributed by atoms with Gasteiger partial charge >= 0.3 is 0 Å². The van der Waals surface area contributed by atoms with E-state index in [4.69, 9.17) is 0 Å². The Morgan fingerprint density at radius 2 is 1.25 bits per heavy atom. The number of nitrogens with one attached hydrogen (secondary N) is 2. The molecule has 4 nitrogen and oxygen atoms in total. The van der Waals surface area contributed by atoms with Crippen LogP contribution in [0.3, 0.4) is 0 Å². The van der Waals surface area contributed by atoms with Crippen LogP contribution in [0, 0.1) is 11.8 Å². The molecule has 0 radical (unpaired) electrons. The number of unbranched alkanes of at least 4 members (excludes halogenated alkanes) is 1. The molecule has 0 aliphatic heterocycles. The predicted octanol–water partition coefficient (Wildman–Crippen LogP) is 3.49. The minimum absolute atomic E-state index is 0.306. The van der Waals surface area contributed by atoms with Crippen molar-refractivity contribution in [2.45, 2.75) is 65.2 Å². The van der Waals surface area contributed by atoms with Crippen LogP contribution in [0.15, 0.2) is 23.5 Å². The van der Waals surface area contributed by atoms with E-state index >= 15 is 0 Å². The van der Waals surface area contributed by atoms with Gasteiger partial charge in [0.25, 0.3) is 0 Å². The molecule has 0 aromatic carbocycles. The maximum Gasteiger partial charge on any atom is 0.160 e. The summed E-state index contributed by atoms with van der Waals surface area (Å²) >= 11 is 0. The molecule has 0 amide bonds. The predicted molar refractivity (Wildman–Crippen MR) is 97.4 cm³/mol. The molecule has 0 heterocycles. The molecule has 0 spiro atoms. The van der Waals surface area contributed by atoms with Crippen molar-refractivity contribution >= 4 is 11.6 Å². The number of ketones is 2. The van der Waals surface area contributed by atoms with Crippen LogP contribution in [0.1, 0.15) is 65.2 Å². The van der Waals surface area contributed by atoms with Crippen LogP contribution in [0.4, 0.5) is 0 Å². The van der Waals surface area contributed by atoms with Crippen molar-refractivity contribution in [3.63, 3.8) is 0 Å². The average Bonchev–Trinajstić information content (AvgIpc) is 2.53. The molecule has 4 heteroatoms. The highest BCUT2D eigenvalue weighted by molar-refractivity contribution is 5.96. The Kier molecular flexibility index (Phi) is 7.54. The molecule has 2 atom stereocenters. The van der Waals surface area contributed by atoms with Gasteiger partial charge in [-0.1, -0.05) is 13.8 Å². The molecule has 2 rings (SSSR count). The highest BCUT2D eigenvalue weighted by Crippen LogP contribution is 2.25. The zero-order chi connectivity index (χ0) is 17.4. The molecule has 0 saturated heterocycles. The molecule has 2 aliphatic carbocycles. The van der Waals surface area contributed by atoms with E-state index in [2.05, 4.69) is 24.5 Å². The molecular formula is C20H32N2O2. The highest BCUT2D eigenvalue weighted by Gasteiger charge is 2.20. The third kappa shape index (κ3) is 6.14. The zero-order valence-electron chi connectivity index (χ0n) is 15.2. The second-order valence-electron chi connectivity index (χ2n) is 7.50. The summed E-state index contributed by atoms with van der Waals surface area (Å²) < 4.78 is 0. The largest absolute Gasteiger partial charge is 0.391 e. The molecular weight excluding hydrogens is 300 g/mol. The van der Waals surface area contributed by atoms with Gasteiger partial charge in [0, 0.05) is 49.5 Å². The summed E-state index contributed by atoms with van der Waals surface area (Å²) in [6, 6.07) is 0. The Labute approximate surface area is 146 Å². The van der Waals surface area contributed by atoms with Gasteiger partial charge < -0.3 is 10.6 Å². The van der Waals surface area contributed by atoms with Gasteiger partial charge in [0.1, 0.15) is 0 Å². The number of allylic oxidation sites excluding steroid dienone is 2. The van der Waals surface area contributed by atoms with E-state index in [0.717, 1.165) is 62.8 Å². The number of rotatable bonds is 7. The standard InChI is InChI=1S/C20H32N2O2/c1-15-5-7-17(19(23)11-15)13-21-9-3-4-10-22-14-18-8-6-16(2)12-20(18)24/h13-16,21-22H,3-12H2,1-2H3/b17-13-,18-14-. The maximum absolute atomic E-state index is 11.9. The maximum atomic E-state index is 11.9. The van der Waals surface area contributed by atoms with Gasteiger partial charge in [-0.2, -0.15) is 0 Å². The summed E-state index contributed by atoms with van der Waals surface area (Å²) in [6.07, 6.45) is 11.4. The van der Waals surface area contributed by atoms with Crippen molar-refractivity contribution < 1.29 is 9.59 Å². The average molecular weight is 332 g/mol. The first-order chi connectivity index (χ1) is 11.6. The number of hydrogen-bond donors (Lipinski definition) is 2. The first kappa shape index (κ1) is 18.8. The molecule has 134 valence electrons. The smallest absolute Gasteiger partial charge is 0.160 e. The fourth-order valence-corrected chi connectivity index (χ4v) is 3.33. The van der Waals surface area contributed by atoms with Crippen LogP contribution in [0.5, 0.6) is 0 Å². The van der Waals surface area contributed by atoms with Crippen LogP contribution in [0.25, 0.3) is 0 Å². The summed E-state index contributed by atoms with van der Waals surface area (Å²) in [4.78, 5) is 23.7. The minimum Gasteiger partial charge on any atom is -0.391 e. The second-order valence-corrected chi connectivity index (χ2v) is 7.50. The Balaban J connectivity index is 1.54. The summed E-state index contributed by atoms with van der Waals surface area (Å²) in [5.74, 6) is 1.69. The lowest BCUT2D eigenvalue weighted by Gasteiger charge is -2.19. The summed E-state index contributed by atoms with van der Waals surface area (Å²) in [5, 5.41) is 6.54. The van der Waals surface area contributed by atoms with E-state index in [1.54, 1.807) is 0 Å². The van der Waals surface area contributed by atoms with Crippen molar-refractivity contribution in [3.05, 3.63) is 23.5 Å². The monoisotopic (exact) mass is 332 g/mol. The molecule has 2 saturated carbocycles. The molecule has 0 aromatic rings. The Hall–Kier alpha value is -1.58. The summed E-state index contributed by atoms with van der Waals surface area (Å²) in [7, 11) is 0. The summed E-state index contributed by atoms with van der Waals surface area (Å²) in [6.45, 7) is 6.07. The van der Waals surface area contributed by atoms with Crippen molar-refractivity contribution in [2.24, 2.45) is 11.8 Å². The van der Waals surface area contributed by atoms with Gasteiger partial charge in [-0.3, -0.25) is 9.59 Å². The highest BCUT2D eigenvalue weighted by atomic mass is 16.1. The number of hydrogen-bond acceptors (Lipinski definition) is 4. The fourth-order valence-electron chi connectivity index (χ4n) is 3.33. The number of carbonyl (C=O) groups excluding carboxylic acids is 2. The normalized spacial score (nSPS) is 28.4. The molecule has 0 aromatic heterocycles. The van der Waals surface area contributed by atoms with Crippen molar-refractivity contribution in [1.29, 1.82) is 0 Å². The van der Waals surface area contributed by atoms with Crippen LogP contribution in [-0.4, -0.2) is 24.7 Å². The number of carbonyl (C=O) groups is 2. The quantitative estimate of drug-likeness (QED) is 0.553. The van der Waals surface area contributed by atoms with E-state index in [1.165, 1.54) is 0 Å². The van der Waals surface area contributed by atoms with E-state index in [0.29, 0.717) is 36.2 Å². The molecule has 24 heavy (non-hydrogen) atoms. The van der Waals surface area contributed by atoms with Gasteiger partial charge in [0.15, 0.2) is 11.6 Å². The van der Waals surface area contributed by atoms with Gasteiger partial charge in [0.05, 0.1) is 0 Å². The van der Waals surface area contributed by atoms with E-state index in [1.807, 2.05) is 12.4 Å². The zero-order valence-corrected chi connectivity index (χ0v) is 15.2. The second kappa shape index (κ2) is 9.65. The Morgan fingerprint density at radius 1 is 0.833 bits per heavy atom.